The van der Waals surface area contributed by atoms with Gasteiger partial charge in [0.1, 0.15) is 0 Å². The van der Waals surface area contributed by atoms with Crippen molar-refractivity contribution in [2.24, 2.45) is 0 Å². The maximum Gasteiger partial charge on any atom is 0.335 e. The number of hydrogen-bond donors (Lipinski definition) is 2. The summed E-state index contributed by atoms with van der Waals surface area (Å²) < 4.78 is 0.931. The van der Waals surface area contributed by atoms with Crippen LogP contribution in [0.5, 0.6) is 0 Å². The first-order chi connectivity index (χ1) is 8.16. The van der Waals surface area contributed by atoms with Crippen LogP contribution in [0.25, 0.3) is 0 Å². The maximum atomic E-state index is 10.8. The fraction of sp³-hybridized carbons (Fsp3) is 0. The van der Waals surface area contributed by atoms with E-state index in [4.69, 9.17) is 5.11 Å². The summed E-state index contributed by atoms with van der Waals surface area (Å²) in [7, 11) is 0. The van der Waals surface area contributed by atoms with Gasteiger partial charge in [-0.3, -0.25) is 0 Å². The molecular weight excluding hydrogens is 282 g/mol. The van der Waals surface area contributed by atoms with Crippen LogP contribution in [0.2, 0.25) is 0 Å². The van der Waals surface area contributed by atoms with E-state index in [1.54, 1.807) is 18.2 Å². The number of nitrogens with one attached hydrogen (secondary N) is 1. The first-order valence-corrected chi connectivity index (χ1v) is 5.81. The minimum Gasteiger partial charge on any atom is -0.478 e. The Balaban J connectivity index is 2.28. The Hall–Kier alpha value is -1.81. The van der Waals surface area contributed by atoms with Gasteiger partial charge in [-0.1, -0.05) is 18.2 Å². The fourth-order valence-corrected chi connectivity index (χ4v) is 1.83. The van der Waals surface area contributed by atoms with Crippen LogP contribution in [0.3, 0.4) is 0 Å². The van der Waals surface area contributed by atoms with Crippen LogP contribution in [-0.2, 0) is 0 Å². The summed E-state index contributed by atoms with van der Waals surface area (Å²) in [5.74, 6) is -0.930. The highest BCUT2D eigenvalue weighted by Gasteiger charge is 2.04. The summed E-state index contributed by atoms with van der Waals surface area (Å²) in [5, 5.41) is 12.1. The van der Waals surface area contributed by atoms with E-state index in [1.807, 2.05) is 30.3 Å². The van der Waals surface area contributed by atoms with Gasteiger partial charge < -0.3 is 10.4 Å². The van der Waals surface area contributed by atoms with Gasteiger partial charge in [-0.15, -0.1) is 0 Å². The standard InChI is InChI=1S/C13H10BrNO2/c14-11-6-1-2-7-12(11)15-10-5-3-4-9(8-10)13(16)17/h1-8,15H,(H,16,17). The van der Waals surface area contributed by atoms with Gasteiger partial charge in [0.25, 0.3) is 0 Å². The van der Waals surface area contributed by atoms with Crippen LogP contribution in [0, 0.1) is 0 Å². The van der Waals surface area contributed by atoms with Crippen LogP contribution >= 0.6 is 15.9 Å². The minimum atomic E-state index is -0.930. The number of halogens is 1. The van der Waals surface area contributed by atoms with Gasteiger partial charge >= 0.3 is 5.97 Å². The molecule has 4 heteroatoms. The largest absolute Gasteiger partial charge is 0.478 e. The lowest BCUT2D eigenvalue weighted by molar-refractivity contribution is 0.0697. The third kappa shape index (κ3) is 2.85. The molecule has 0 aliphatic carbocycles. The van der Waals surface area contributed by atoms with E-state index < -0.39 is 5.97 Å². The summed E-state index contributed by atoms with van der Waals surface area (Å²) in [6.07, 6.45) is 0. The highest BCUT2D eigenvalue weighted by atomic mass is 79.9. The molecule has 2 aromatic carbocycles. The Bertz CT molecular complexity index is 555. The lowest BCUT2D eigenvalue weighted by Gasteiger charge is -2.08. The van der Waals surface area contributed by atoms with E-state index >= 15 is 0 Å². The van der Waals surface area contributed by atoms with E-state index in [0.29, 0.717) is 0 Å². The summed E-state index contributed by atoms with van der Waals surface area (Å²) in [6.45, 7) is 0. The number of aromatic carboxylic acids is 1. The highest BCUT2D eigenvalue weighted by Crippen LogP contribution is 2.25. The Morgan fingerprint density at radius 1 is 1.12 bits per heavy atom. The van der Waals surface area contributed by atoms with E-state index in [9.17, 15) is 4.79 Å². The lowest BCUT2D eigenvalue weighted by Crippen LogP contribution is -1.98. The van der Waals surface area contributed by atoms with Gasteiger partial charge in [-0.2, -0.15) is 0 Å². The number of hydrogen-bond acceptors (Lipinski definition) is 2. The molecule has 2 aromatic rings. The summed E-state index contributed by atoms with van der Waals surface area (Å²) >= 11 is 3.42. The van der Waals surface area contributed by atoms with Crippen molar-refractivity contribution in [2.75, 3.05) is 5.32 Å². The van der Waals surface area contributed by atoms with Gasteiger partial charge in [0.2, 0.25) is 0 Å². The van der Waals surface area contributed by atoms with Gasteiger partial charge in [0, 0.05) is 10.2 Å². The summed E-state index contributed by atoms with van der Waals surface area (Å²) in [6, 6.07) is 14.4. The first kappa shape index (κ1) is 11.7. The van der Waals surface area contributed by atoms with Crippen molar-refractivity contribution in [2.45, 2.75) is 0 Å². The molecule has 2 N–H and O–H groups in total. The number of benzene rings is 2. The van der Waals surface area contributed by atoms with Crippen molar-refractivity contribution < 1.29 is 9.90 Å². The van der Waals surface area contributed by atoms with Crippen LogP contribution in [0.4, 0.5) is 11.4 Å². The number of carboxylic acids is 1. The molecule has 0 amide bonds. The highest BCUT2D eigenvalue weighted by molar-refractivity contribution is 9.10. The monoisotopic (exact) mass is 291 g/mol. The SMILES string of the molecule is O=C(O)c1cccc(Nc2ccccc2Br)c1. The van der Waals surface area contributed by atoms with Gasteiger partial charge in [0.15, 0.2) is 0 Å². The van der Waals surface area contributed by atoms with E-state index in [2.05, 4.69) is 21.2 Å². The van der Waals surface area contributed by atoms with Crippen LogP contribution in [0.15, 0.2) is 53.0 Å². The molecule has 0 atom stereocenters. The van der Waals surface area contributed by atoms with Gasteiger partial charge in [-0.25, -0.2) is 4.79 Å². The van der Waals surface area contributed by atoms with Crippen LogP contribution in [-0.4, -0.2) is 11.1 Å². The zero-order valence-corrected chi connectivity index (χ0v) is 10.4. The second-order valence-corrected chi connectivity index (χ2v) is 4.35. The Morgan fingerprint density at radius 3 is 2.59 bits per heavy atom. The molecular formula is C13H10BrNO2. The predicted molar refractivity (Wildman–Crippen MR) is 70.8 cm³/mol. The van der Waals surface area contributed by atoms with Crippen molar-refractivity contribution in [3.8, 4) is 0 Å². The number of para-hydroxylation sites is 1. The Morgan fingerprint density at radius 2 is 1.88 bits per heavy atom. The molecule has 0 aliphatic heterocycles. The second-order valence-electron chi connectivity index (χ2n) is 3.49. The van der Waals surface area contributed by atoms with Gasteiger partial charge in [0.05, 0.1) is 11.3 Å². The normalized spacial score (nSPS) is 9.94. The van der Waals surface area contributed by atoms with E-state index in [0.717, 1.165) is 15.8 Å². The molecule has 0 heterocycles. The predicted octanol–water partition coefficient (Wildman–Crippen LogP) is 3.89. The average molecular weight is 292 g/mol. The minimum absolute atomic E-state index is 0.266. The quantitative estimate of drug-likeness (QED) is 0.902. The zero-order chi connectivity index (χ0) is 12.3. The van der Waals surface area contributed by atoms with Gasteiger partial charge in [-0.05, 0) is 46.3 Å². The Labute approximate surface area is 107 Å². The number of carboxylic acid groups (broad SMARTS) is 1. The van der Waals surface area contributed by atoms with Crippen molar-refractivity contribution >= 4 is 33.3 Å². The average Bonchev–Trinajstić information content (AvgIpc) is 2.32. The molecule has 0 radical (unpaired) electrons. The van der Waals surface area contributed by atoms with E-state index in [1.165, 1.54) is 0 Å². The van der Waals surface area contributed by atoms with Crippen molar-refractivity contribution in [3.63, 3.8) is 0 Å². The Kier molecular flexibility index (Phi) is 3.44. The molecule has 0 aliphatic rings. The van der Waals surface area contributed by atoms with E-state index in [-0.39, 0.29) is 5.56 Å². The smallest absolute Gasteiger partial charge is 0.335 e. The van der Waals surface area contributed by atoms with Crippen molar-refractivity contribution in [3.05, 3.63) is 58.6 Å². The second kappa shape index (κ2) is 5.01. The molecule has 2 rings (SSSR count). The summed E-state index contributed by atoms with van der Waals surface area (Å²) in [4.78, 5) is 10.8. The molecule has 3 nitrogen and oxygen atoms in total. The van der Waals surface area contributed by atoms with Crippen molar-refractivity contribution in [1.29, 1.82) is 0 Å². The first-order valence-electron chi connectivity index (χ1n) is 5.02. The van der Waals surface area contributed by atoms with Crippen LogP contribution in [0.1, 0.15) is 10.4 Å². The zero-order valence-electron chi connectivity index (χ0n) is 8.85. The lowest BCUT2D eigenvalue weighted by atomic mass is 10.2. The molecule has 0 bridgehead atoms. The molecule has 0 aromatic heterocycles. The number of carbonyl (C=O) groups is 1. The van der Waals surface area contributed by atoms with Crippen molar-refractivity contribution in [1.82, 2.24) is 0 Å². The molecule has 0 saturated heterocycles. The molecule has 86 valence electrons. The molecule has 0 saturated carbocycles. The molecule has 17 heavy (non-hydrogen) atoms. The number of rotatable bonds is 3. The summed E-state index contributed by atoms with van der Waals surface area (Å²) in [5.41, 5.74) is 1.91. The topological polar surface area (TPSA) is 49.3 Å². The molecule has 0 unspecified atom stereocenters. The maximum absolute atomic E-state index is 10.8. The third-order valence-corrected chi connectivity index (χ3v) is 2.95. The molecule has 0 fully saturated rings. The molecule has 0 spiro atoms. The number of anilines is 2. The third-order valence-electron chi connectivity index (χ3n) is 2.26. The fourth-order valence-electron chi connectivity index (χ4n) is 1.45. The van der Waals surface area contributed by atoms with Crippen LogP contribution < -0.4 is 5.32 Å².